The average molecular weight is 512 g/mol. The Bertz CT molecular complexity index is 1120. The maximum Gasteiger partial charge on any atom is 0.265 e. The molecule has 11 heteroatoms. The minimum absolute atomic E-state index is 0.0180. The number of likely N-dealkylation sites (tertiary alicyclic amines) is 1. The average Bonchev–Trinajstić information content (AvgIpc) is 2.83. The normalized spacial score (nSPS) is 15.0. The van der Waals surface area contributed by atoms with Crippen LogP contribution < -0.4 is 23.8 Å². The number of methoxy groups -OCH3 is 3. The second-order valence-corrected chi connectivity index (χ2v) is 10.3. The molecule has 9 nitrogen and oxygen atoms in total. The first-order valence-electron chi connectivity index (χ1n) is 10.8. The van der Waals surface area contributed by atoms with E-state index < -0.39 is 22.5 Å². The third-order valence-corrected chi connectivity index (χ3v) is 7.71. The summed E-state index contributed by atoms with van der Waals surface area (Å²) in [6.07, 6.45) is 1.59. The predicted molar refractivity (Wildman–Crippen MR) is 131 cm³/mol. The Morgan fingerprint density at radius 2 is 1.65 bits per heavy atom. The van der Waals surface area contributed by atoms with Crippen molar-refractivity contribution in [2.24, 2.45) is 0 Å². The highest BCUT2D eigenvalue weighted by molar-refractivity contribution is 7.92. The lowest BCUT2D eigenvalue weighted by atomic mass is 10.1. The summed E-state index contributed by atoms with van der Waals surface area (Å²) < 4.78 is 44.5. The lowest BCUT2D eigenvalue weighted by Gasteiger charge is -2.31. The van der Waals surface area contributed by atoms with E-state index in [0.717, 1.165) is 30.2 Å². The van der Waals surface area contributed by atoms with E-state index in [-0.39, 0.29) is 28.1 Å². The van der Waals surface area contributed by atoms with Crippen molar-refractivity contribution in [1.82, 2.24) is 10.2 Å². The molecule has 0 atom stereocenters. The molecule has 0 bridgehead atoms. The zero-order valence-electron chi connectivity index (χ0n) is 19.7. The second-order valence-electron chi connectivity index (χ2n) is 7.99. The van der Waals surface area contributed by atoms with Crippen molar-refractivity contribution >= 4 is 33.2 Å². The van der Waals surface area contributed by atoms with E-state index in [1.165, 1.54) is 45.6 Å². The molecule has 1 saturated heterocycles. The summed E-state index contributed by atoms with van der Waals surface area (Å²) in [7, 11) is 2.11. The van der Waals surface area contributed by atoms with Crippen LogP contribution in [0.4, 0.5) is 5.69 Å². The summed E-state index contributed by atoms with van der Waals surface area (Å²) in [5.74, 6) is 0.479. The van der Waals surface area contributed by atoms with Crippen LogP contribution in [0.2, 0.25) is 5.02 Å². The van der Waals surface area contributed by atoms with Gasteiger partial charge in [-0.05, 0) is 63.3 Å². The highest BCUT2D eigenvalue weighted by Gasteiger charge is 2.31. The maximum atomic E-state index is 13.8. The van der Waals surface area contributed by atoms with E-state index in [1.807, 2.05) is 7.05 Å². The summed E-state index contributed by atoms with van der Waals surface area (Å²) in [6, 6.07) is 8.84. The van der Waals surface area contributed by atoms with Crippen LogP contribution in [-0.2, 0) is 14.8 Å². The molecule has 2 aromatic carbocycles. The molecule has 0 unspecified atom stereocenters. The zero-order chi connectivity index (χ0) is 24.9. The Labute approximate surface area is 205 Å². The number of hydrogen-bond donors (Lipinski definition) is 1. The first-order valence-corrected chi connectivity index (χ1v) is 12.6. The van der Waals surface area contributed by atoms with E-state index in [2.05, 4.69) is 10.2 Å². The van der Waals surface area contributed by atoms with E-state index in [0.29, 0.717) is 10.8 Å². The Hall–Kier alpha value is -2.69. The Morgan fingerprint density at radius 3 is 2.26 bits per heavy atom. The lowest BCUT2D eigenvalue weighted by Crippen LogP contribution is -2.47. The number of nitrogens with zero attached hydrogens (tertiary/aromatic N) is 2. The monoisotopic (exact) mass is 511 g/mol. The topological polar surface area (TPSA) is 97.4 Å². The smallest absolute Gasteiger partial charge is 0.265 e. The zero-order valence-corrected chi connectivity index (χ0v) is 21.3. The molecule has 1 fully saturated rings. The van der Waals surface area contributed by atoms with Crippen LogP contribution in [0.15, 0.2) is 41.3 Å². The Kier molecular flexibility index (Phi) is 8.51. The van der Waals surface area contributed by atoms with Crippen LogP contribution in [-0.4, -0.2) is 73.3 Å². The summed E-state index contributed by atoms with van der Waals surface area (Å²) >= 11 is 6.19. The van der Waals surface area contributed by atoms with E-state index in [4.69, 9.17) is 25.8 Å². The quantitative estimate of drug-likeness (QED) is 0.553. The Balaban J connectivity index is 1.99. The molecule has 0 aliphatic carbocycles. The van der Waals surface area contributed by atoms with Gasteiger partial charge in [0.15, 0.2) is 11.5 Å². The molecule has 2 aromatic rings. The molecule has 186 valence electrons. The molecule has 1 heterocycles. The molecule has 34 heavy (non-hydrogen) atoms. The third-order valence-electron chi connectivity index (χ3n) is 5.72. The molecule has 1 N–H and O–H groups in total. The first kappa shape index (κ1) is 25.9. The number of halogens is 1. The number of benzene rings is 2. The van der Waals surface area contributed by atoms with E-state index in [1.54, 1.807) is 12.1 Å². The molecule has 1 aliphatic heterocycles. The summed E-state index contributed by atoms with van der Waals surface area (Å²) in [6.45, 7) is 1.28. The molecule has 3 rings (SSSR count). The number of hydrogen-bond acceptors (Lipinski definition) is 7. The van der Waals surface area contributed by atoms with Gasteiger partial charge < -0.3 is 24.4 Å². The van der Waals surface area contributed by atoms with Gasteiger partial charge in [0.2, 0.25) is 5.91 Å². The van der Waals surface area contributed by atoms with Crippen LogP contribution in [0, 0.1) is 0 Å². The standard InChI is InChI=1S/C23H30ClN3O6S/c1-26-11-9-17(10-12-26)25-23(28)15-27(19-13-16(24)5-7-20(19)31-2)34(29,30)18-6-8-21(32-3)22(14-18)33-4/h5-8,13-14,17H,9-12,15H2,1-4H3,(H,25,28). The van der Waals surface area contributed by atoms with Gasteiger partial charge in [0.25, 0.3) is 10.0 Å². The summed E-state index contributed by atoms with van der Waals surface area (Å²) in [4.78, 5) is 15.1. The molecule has 0 radical (unpaired) electrons. The Morgan fingerprint density at radius 1 is 1.03 bits per heavy atom. The third kappa shape index (κ3) is 5.86. The molecule has 0 aromatic heterocycles. The van der Waals surface area contributed by atoms with Gasteiger partial charge in [-0.2, -0.15) is 0 Å². The lowest BCUT2D eigenvalue weighted by molar-refractivity contribution is -0.120. The van der Waals surface area contributed by atoms with E-state index >= 15 is 0 Å². The van der Waals surface area contributed by atoms with Crippen molar-refractivity contribution in [1.29, 1.82) is 0 Å². The first-order chi connectivity index (χ1) is 16.2. The molecule has 0 saturated carbocycles. The van der Waals surface area contributed by atoms with Crippen molar-refractivity contribution in [2.75, 3.05) is 52.3 Å². The van der Waals surface area contributed by atoms with Gasteiger partial charge in [-0.15, -0.1) is 0 Å². The number of amides is 1. The molecule has 1 aliphatic rings. The van der Waals surface area contributed by atoms with Crippen molar-refractivity contribution in [3.63, 3.8) is 0 Å². The minimum atomic E-state index is -4.22. The summed E-state index contributed by atoms with van der Waals surface area (Å²) in [5, 5.41) is 3.27. The van der Waals surface area contributed by atoms with Crippen molar-refractivity contribution in [3.05, 3.63) is 41.4 Å². The number of nitrogens with one attached hydrogen (secondary N) is 1. The SMILES string of the molecule is COc1ccc(S(=O)(=O)N(CC(=O)NC2CCN(C)CC2)c2cc(Cl)ccc2OC)cc1OC. The highest BCUT2D eigenvalue weighted by atomic mass is 35.5. The molecular formula is C23H30ClN3O6S. The number of carbonyl (C=O) groups is 1. The number of piperidine rings is 1. The number of rotatable bonds is 9. The number of sulfonamides is 1. The van der Waals surface area contributed by atoms with Crippen molar-refractivity contribution in [3.8, 4) is 17.2 Å². The fourth-order valence-electron chi connectivity index (χ4n) is 3.82. The maximum absolute atomic E-state index is 13.8. The highest BCUT2D eigenvalue weighted by Crippen LogP contribution is 2.37. The van der Waals surface area contributed by atoms with Crippen molar-refractivity contribution < 1.29 is 27.4 Å². The second kappa shape index (κ2) is 11.2. The number of ether oxygens (including phenoxy) is 3. The van der Waals surface area contributed by atoms with E-state index in [9.17, 15) is 13.2 Å². The fourth-order valence-corrected chi connectivity index (χ4v) is 5.42. The summed E-state index contributed by atoms with van der Waals surface area (Å²) in [5.41, 5.74) is 0.156. The largest absolute Gasteiger partial charge is 0.495 e. The fraction of sp³-hybridized carbons (Fsp3) is 0.435. The van der Waals surface area contributed by atoms with Crippen LogP contribution >= 0.6 is 11.6 Å². The van der Waals surface area contributed by atoms with Gasteiger partial charge in [0, 0.05) is 17.1 Å². The van der Waals surface area contributed by atoms with Crippen LogP contribution in [0.1, 0.15) is 12.8 Å². The van der Waals surface area contributed by atoms with Crippen LogP contribution in [0.5, 0.6) is 17.2 Å². The van der Waals surface area contributed by atoms with Crippen LogP contribution in [0.3, 0.4) is 0 Å². The van der Waals surface area contributed by atoms with Gasteiger partial charge in [-0.3, -0.25) is 9.10 Å². The van der Waals surface area contributed by atoms with Gasteiger partial charge in [0.1, 0.15) is 12.3 Å². The minimum Gasteiger partial charge on any atom is -0.495 e. The van der Waals surface area contributed by atoms with Gasteiger partial charge in [-0.1, -0.05) is 11.6 Å². The number of carbonyl (C=O) groups excluding carboxylic acids is 1. The molecule has 1 amide bonds. The van der Waals surface area contributed by atoms with Gasteiger partial charge in [-0.25, -0.2) is 8.42 Å². The van der Waals surface area contributed by atoms with Crippen molar-refractivity contribution in [2.45, 2.75) is 23.8 Å². The number of anilines is 1. The molecular weight excluding hydrogens is 482 g/mol. The van der Waals surface area contributed by atoms with Gasteiger partial charge in [0.05, 0.1) is 31.9 Å². The van der Waals surface area contributed by atoms with Crippen LogP contribution in [0.25, 0.3) is 0 Å². The predicted octanol–water partition coefficient (Wildman–Crippen LogP) is 2.77. The molecule has 0 spiro atoms. The van der Waals surface area contributed by atoms with Gasteiger partial charge >= 0.3 is 0 Å².